The van der Waals surface area contributed by atoms with Crippen LogP contribution in [0.5, 0.6) is 0 Å². The minimum atomic E-state index is -2.00. The van der Waals surface area contributed by atoms with Gasteiger partial charge in [-0.3, -0.25) is 9.69 Å². The molecule has 8 heteroatoms. The number of amides is 1. The number of rotatable bonds is 5. The van der Waals surface area contributed by atoms with Crippen molar-refractivity contribution >= 4 is 23.5 Å². The molecule has 1 amide bonds. The Morgan fingerprint density at radius 3 is 2.61 bits per heavy atom. The molecular weight excluding hydrogens is 318 g/mol. The first-order chi connectivity index (χ1) is 11.2. The van der Waals surface area contributed by atoms with Gasteiger partial charge in [0.2, 0.25) is 0 Å². The van der Waals surface area contributed by atoms with Crippen molar-refractivity contribution in [1.29, 1.82) is 0 Å². The van der Waals surface area contributed by atoms with Crippen molar-refractivity contribution in [2.24, 2.45) is 5.92 Å². The number of piperidine rings is 1. The van der Waals surface area contributed by atoms with Gasteiger partial charge in [-0.25, -0.2) is 4.39 Å². The minimum Gasteiger partial charge on any atom is -0.549 e. The van der Waals surface area contributed by atoms with E-state index in [4.69, 9.17) is 14.3 Å². The van der Waals surface area contributed by atoms with Crippen molar-refractivity contribution in [1.82, 2.24) is 10.2 Å². The number of carbonyl (C=O) groups is 2. The number of benzene rings is 1. The minimum absolute atomic E-state index is 0. The van der Waals surface area contributed by atoms with E-state index in [0.717, 1.165) is 12.1 Å². The van der Waals surface area contributed by atoms with Crippen LogP contribution in [0.25, 0.3) is 0 Å². The van der Waals surface area contributed by atoms with Crippen LogP contribution in [-0.4, -0.2) is 42.9 Å². The summed E-state index contributed by atoms with van der Waals surface area (Å²) in [4.78, 5) is 24.4. The van der Waals surface area contributed by atoms with Gasteiger partial charge in [0.1, 0.15) is 5.82 Å². The fourth-order valence-corrected chi connectivity index (χ4v) is 2.56. The normalized spacial score (nSPS) is 17.7. The van der Waals surface area contributed by atoms with Crippen LogP contribution >= 0.6 is 11.6 Å². The number of carboxylic acid groups (broad SMARTS) is 1. The van der Waals surface area contributed by atoms with Crippen molar-refractivity contribution in [2.75, 3.05) is 26.1 Å². The van der Waals surface area contributed by atoms with Crippen LogP contribution < -0.4 is 29.3 Å². The van der Waals surface area contributed by atoms with Crippen LogP contribution in [-0.2, 0) is 4.79 Å². The summed E-state index contributed by atoms with van der Waals surface area (Å²) < 4.78 is 29.5. The van der Waals surface area contributed by atoms with Crippen LogP contribution in [0.4, 0.5) is 4.39 Å². The molecule has 120 valence electrons. The number of hydrogen-bond donors (Lipinski definition) is 1. The SMILES string of the molecule is [2H]C([2H])(NC(=O)c1cc(F)cc(Cl)c1)C1CCN(CC(=O)[O-])CC1.[Li+]. The summed E-state index contributed by atoms with van der Waals surface area (Å²) in [5, 5.41) is 12.9. The van der Waals surface area contributed by atoms with Gasteiger partial charge in [0.25, 0.3) is 5.91 Å². The van der Waals surface area contributed by atoms with E-state index in [1.807, 2.05) is 0 Å². The van der Waals surface area contributed by atoms with Gasteiger partial charge in [0, 0.05) is 26.4 Å². The number of likely N-dealkylation sites (tertiary alicyclic amines) is 1. The predicted octanol–water partition coefficient (Wildman–Crippen LogP) is -2.33. The van der Waals surface area contributed by atoms with Crippen LogP contribution in [0.3, 0.4) is 0 Å². The second kappa shape index (κ2) is 9.29. The van der Waals surface area contributed by atoms with Crippen molar-refractivity contribution in [3.8, 4) is 0 Å². The number of nitrogens with one attached hydrogen (secondary N) is 1. The van der Waals surface area contributed by atoms with Gasteiger partial charge < -0.3 is 15.2 Å². The molecule has 1 saturated heterocycles. The Kier molecular flexibility index (Phi) is 6.78. The number of carbonyl (C=O) groups excluding carboxylic acids is 2. The summed E-state index contributed by atoms with van der Waals surface area (Å²) in [6.07, 6.45) is 0.787. The predicted molar refractivity (Wildman–Crippen MR) is 77.9 cm³/mol. The molecule has 0 saturated carbocycles. The number of hydrogen-bond acceptors (Lipinski definition) is 4. The van der Waals surface area contributed by atoms with Gasteiger partial charge in [0.15, 0.2) is 0 Å². The molecule has 0 aromatic heterocycles. The summed E-state index contributed by atoms with van der Waals surface area (Å²) in [6, 6.07) is 3.30. The zero-order valence-corrected chi connectivity index (χ0v) is 13.5. The topological polar surface area (TPSA) is 72.5 Å². The van der Waals surface area contributed by atoms with Crippen LogP contribution in [0.2, 0.25) is 5.02 Å². The number of halogens is 2. The Bertz CT molecular complexity index is 623. The van der Waals surface area contributed by atoms with E-state index in [2.05, 4.69) is 5.32 Å². The molecule has 1 fully saturated rings. The zero-order valence-electron chi connectivity index (χ0n) is 14.8. The maximum atomic E-state index is 13.3. The average Bonchev–Trinajstić information content (AvgIpc) is 2.45. The monoisotopic (exact) mass is 336 g/mol. The zero-order chi connectivity index (χ0) is 17.9. The van der Waals surface area contributed by atoms with Crippen LogP contribution in [0, 0.1) is 11.7 Å². The van der Waals surface area contributed by atoms with Gasteiger partial charge >= 0.3 is 18.9 Å². The molecule has 0 spiro atoms. The average molecular weight is 337 g/mol. The van der Waals surface area contributed by atoms with Gasteiger partial charge in [-0.1, -0.05) is 11.6 Å². The van der Waals surface area contributed by atoms with Crippen molar-refractivity contribution in [3.05, 3.63) is 34.6 Å². The van der Waals surface area contributed by atoms with E-state index in [0.29, 0.717) is 25.9 Å². The summed E-state index contributed by atoms with van der Waals surface area (Å²) in [7, 11) is 0. The molecule has 0 bridgehead atoms. The largest absolute Gasteiger partial charge is 1.00 e. The molecule has 0 aliphatic carbocycles. The summed E-state index contributed by atoms with van der Waals surface area (Å²) >= 11 is 5.70. The van der Waals surface area contributed by atoms with E-state index >= 15 is 0 Å². The smallest absolute Gasteiger partial charge is 0.549 e. The first kappa shape index (κ1) is 16.8. The molecule has 5 nitrogen and oxygen atoms in total. The number of nitrogens with zero attached hydrogens (tertiary/aromatic N) is 1. The Morgan fingerprint density at radius 1 is 1.39 bits per heavy atom. The summed E-state index contributed by atoms with van der Waals surface area (Å²) in [5.74, 6) is -3.07. The van der Waals surface area contributed by atoms with Gasteiger partial charge in [-0.2, -0.15) is 0 Å². The Hall–Kier alpha value is -1.06. The molecule has 2 rings (SSSR count). The quantitative estimate of drug-likeness (QED) is 0.613. The Morgan fingerprint density at radius 2 is 2.04 bits per heavy atom. The fourth-order valence-electron chi connectivity index (χ4n) is 2.34. The van der Waals surface area contributed by atoms with Crippen LogP contribution in [0.15, 0.2) is 18.2 Å². The van der Waals surface area contributed by atoms with Crippen molar-refractivity contribution < 1.29 is 40.7 Å². The molecule has 1 aliphatic heterocycles. The van der Waals surface area contributed by atoms with Gasteiger partial charge in [-0.05, 0) is 50.0 Å². The molecule has 1 heterocycles. The molecule has 0 atom stereocenters. The fraction of sp³-hybridized carbons (Fsp3) is 0.467. The van der Waals surface area contributed by atoms with Crippen molar-refractivity contribution in [2.45, 2.75) is 12.8 Å². The van der Waals surface area contributed by atoms with E-state index in [-0.39, 0.29) is 36.0 Å². The second-order valence-corrected chi connectivity index (χ2v) is 5.62. The molecule has 1 aromatic rings. The molecule has 1 N–H and O–H groups in total. The third-order valence-electron chi connectivity index (χ3n) is 3.45. The van der Waals surface area contributed by atoms with E-state index in [1.165, 1.54) is 6.07 Å². The molecular formula is C15H17ClFLiN2O3. The maximum Gasteiger partial charge on any atom is 1.00 e. The Labute approximate surface area is 154 Å². The van der Waals surface area contributed by atoms with Gasteiger partial charge in [0.05, 0.1) is 5.97 Å². The summed E-state index contributed by atoms with van der Waals surface area (Å²) in [5.41, 5.74) is -0.0572. The molecule has 23 heavy (non-hydrogen) atoms. The maximum absolute atomic E-state index is 13.3. The summed E-state index contributed by atoms with van der Waals surface area (Å²) in [6.45, 7) is -1.38. The first-order valence-corrected chi connectivity index (χ1v) is 7.26. The van der Waals surface area contributed by atoms with E-state index in [9.17, 15) is 19.1 Å². The first-order valence-electron chi connectivity index (χ1n) is 7.88. The number of carboxylic acids is 1. The van der Waals surface area contributed by atoms with E-state index in [1.54, 1.807) is 4.90 Å². The molecule has 0 unspecified atom stereocenters. The number of aliphatic carboxylic acids is 1. The second-order valence-electron chi connectivity index (χ2n) is 5.18. The third-order valence-corrected chi connectivity index (χ3v) is 3.67. The van der Waals surface area contributed by atoms with Crippen LogP contribution in [0.1, 0.15) is 25.9 Å². The molecule has 1 aromatic carbocycles. The Balaban J connectivity index is 0.00000312. The standard InChI is InChI=1S/C15H18ClFN2O3.Li/c16-12-5-11(6-13(17)7-12)15(22)18-8-10-1-3-19(4-2-10)9-14(20)21;/h5-7,10H,1-4,8-9H2,(H,18,22)(H,20,21);/q;+1/p-1/i8D2;. The third kappa shape index (κ3) is 6.52. The van der Waals surface area contributed by atoms with Gasteiger partial charge in [-0.15, -0.1) is 0 Å². The molecule has 0 radical (unpaired) electrons. The molecule has 1 aliphatic rings. The van der Waals surface area contributed by atoms with E-state index < -0.39 is 30.1 Å². The van der Waals surface area contributed by atoms with Crippen molar-refractivity contribution in [3.63, 3.8) is 0 Å².